The number of aromatic nitrogens is 2. The zero-order valence-corrected chi connectivity index (χ0v) is 27.8. The van der Waals surface area contributed by atoms with Gasteiger partial charge in [-0.2, -0.15) is 4.98 Å². The Kier molecular flexibility index (Phi) is 11.9. The lowest BCUT2D eigenvalue weighted by Crippen LogP contribution is -2.33. The molecule has 1 aromatic heterocycles. The van der Waals surface area contributed by atoms with Crippen LogP contribution in [0.2, 0.25) is 10.0 Å². The molecule has 0 bridgehead atoms. The van der Waals surface area contributed by atoms with Crippen molar-refractivity contribution in [1.82, 2.24) is 20.0 Å². The van der Waals surface area contributed by atoms with Crippen molar-refractivity contribution in [1.29, 1.82) is 0 Å². The van der Waals surface area contributed by atoms with E-state index in [1.807, 2.05) is 45.0 Å². The number of para-hydroxylation sites is 1. The summed E-state index contributed by atoms with van der Waals surface area (Å²) in [6, 6.07) is 12.2. The number of carbonyl (C=O) groups is 1. The van der Waals surface area contributed by atoms with Crippen LogP contribution in [0.25, 0.3) is 10.9 Å². The molecule has 1 saturated carbocycles. The molecule has 240 valence electrons. The second-order valence-electron chi connectivity index (χ2n) is 12.2. The van der Waals surface area contributed by atoms with Gasteiger partial charge < -0.3 is 20.7 Å². The lowest BCUT2D eigenvalue weighted by Gasteiger charge is -2.28. The highest BCUT2D eigenvalue weighted by Crippen LogP contribution is 2.30. The third-order valence-corrected chi connectivity index (χ3v) is 9.23. The van der Waals surface area contributed by atoms with Gasteiger partial charge in [-0.3, -0.25) is 0 Å². The maximum absolute atomic E-state index is 12.7. The van der Waals surface area contributed by atoms with Gasteiger partial charge in [-0.05, 0) is 101 Å². The highest BCUT2D eigenvalue weighted by atomic mass is 35.5. The minimum Gasteiger partial charge on any atom is -0.444 e. The predicted molar refractivity (Wildman–Crippen MR) is 177 cm³/mol. The molecule has 1 amide bonds. The van der Waals surface area contributed by atoms with Crippen LogP contribution in [-0.4, -0.2) is 56.3 Å². The number of hydrogen-bond acceptors (Lipinski definition) is 8. The van der Waals surface area contributed by atoms with Gasteiger partial charge in [0.1, 0.15) is 11.4 Å². The van der Waals surface area contributed by atoms with Gasteiger partial charge in [-0.25, -0.2) is 22.9 Å². The van der Waals surface area contributed by atoms with Crippen LogP contribution >= 0.6 is 23.2 Å². The Morgan fingerprint density at radius 2 is 1.55 bits per heavy atom. The zero-order valence-electron chi connectivity index (χ0n) is 25.5. The second kappa shape index (κ2) is 15.4. The van der Waals surface area contributed by atoms with E-state index in [9.17, 15) is 13.2 Å². The lowest BCUT2D eigenvalue weighted by molar-refractivity contribution is 0.0527. The number of unbranched alkanes of at least 4 members (excludes halogenated alkanes) is 1. The van der Waals surface area contributed by atoms with E-state index < -0.39 is 21.7 Å². The van der Waals surface area contributed by atoms with Crippen LogP contribution in [0.5, 0.6) is 0 Å². The maximum Gasteiger partial charge on any atom is 0.407 e. The number of carbonyl (C=O) groups excluding carboxylic acids is 1. The molecule has 2 aromatic carbocycles. The minimum atomic E-state index is -3.68. The summed E-state index contributed by atoms with van der Waals surface area (Å²) in [6.07, 6.45) is 5.08. The van der Waals surface area contributed by atoms with Crippen LogP contribution in [0.1, 0.15) is 59.3 Å². The number of halogens is 2. The molecule has 0 aliphatic heterocycles. The quantitative estimate of drug-likeness (QED) is 0.146. The first-order valence-electron chi connectivity index (χ1n) is 15.0. The first kappa shape index (κ1) is 34.0. The number of hydrogen-bond donors (Lipinski definition) is 4. The Labute approximate surface area is 270 Å². The number of rotatable bonds is 13. The van der Waals surface area contributed by atoms with E-state index in [1.165, 1.54) is 18.2 Å². The highest BCUT2D eigenvalue weighted by Gasteiger charge is 2.24. The van der Waals surface area contributed by atoms with Gasteiger partial charge in [-0.1, -0.05) is 35.3 Å². The third kappa shape index (κ3) is 10.6. The Bertz CT molecular complexity index is 1510. The molecule has 0 saturated heterocycles. The standard InChI is InChI=1S/C31H42Cl2N6O4S/c1-31(2,3)43-30(40)35-15-7-6-14-34-28-26-8-4-5-9-27(26)38-29(39-28)36-19-21-10-12-22(13-11-21)20-37-44(41,42)25-17-23(32)16-24(33)18-25/h4-5,8-9,16-18,21-22,37H,6-7,10-15,19-20H2,1-3H3,(H,35,40)(H2,34,36,38,39)/t21-,22-. The van der Waals surface area contributed by atoms with Gasteiger partial charge in [-0.15, -0.1) is 0 Å². The smallest absolute Gasteiger partial charge is 0.407 e. The molecule has 0 atom stereocenters. The van der Waals surface area contributed by atoms with Crippen molar-refractivity contribution in [3.05, 3.63) is 52.5 Å². The van der Waals surface area contributed by atoms with Crippen molar-refractivity contribution in [2.75, 3.05) is 36.8 Å². The molecule has 10 nitrogen and oxygen atoms in total. The predicted octanol–water partition coefficient (Wildman–Crippen LogP) is 6.85. The normalized spacial score (nSPS) is 17.3. The molecule has 4 N–H and O–H groups in total. The van der Waals surface area contributed by atoms with E-state index in [-0.39, 0.29) is 20.9 Å². The summed E-state index contributed by atoms with van der Waals surface area (Å²) in [5.41, 5.74) is 0.346. The number of anilines is 2. The van der Waals surface area contributed by atoms with Gasteiger partial charge in [0.15, 0.2) is 0 Å². The Hall–Kier alpha value is -2.86. The summed E-state index contributed by atoms with van der Waals surface area (Å²) in [5.74, 6) is 2.06. The zero-order chi connectivity index (χ0) is 31.7. The van der Waals surface area contributed by atoms with E-state index in [1.54, 1.807) is 0 Å². The van der Waals surface area contributed by atoms with Crippen LogP contribution < -0.4 is 20.7 Å². The van der Waals surface area contributed by atoms with Crippen LogP contribution in [0.15, 0.2) is 47.4 Å². The highest BCUT2D eigenvalue weighted by molar-refractivity contribution is 7.89. The molecule has 13 heteroatoms. The van der Waals surface area contributed by atoms with Gasteiger partial charge in [0.25, 0.3) is 0 Å². The van der Waals surface area contributed by atoms with E-state index in [0.717, 1.165) is 61.8 Å². The first-order valence-corrected chi connectivity index (χ1v) is 17.3. The van der Waals surface area contributed by atoms with Crippen LogP contribution in [0, 0.1) is 11.8 Å². The van der Waals surface area contributed by atoms with Gasteiger partial charge in [0.2, 0.25) is 16.0 Å². The fraction of sp³-hybridized carbons (Fsp3) is 0.516. The van der Waals surface area contributed by atoms with Crippen molar-refractivity contribution >= 4 is 62.0 Å². The molecule has 4 rings (SSSR count). The summed E-state index contributed by atoms with van der Waals surface area (Å²) < 4.78 is 33.4. The van der Waals surface area contributed by atoms with Crippen molar-refractivity contribution in [3.8, 4) is 0 Å². The summed E-state index contributed by atoms with van der Waals surface area (Å²) in [7, 11) is -3.68. The molecule has 3 aromatic rings. The van der Waals surface area contributed by atoms with Crippen LogP contribution in [0.3, 0.4) is 0 Å². The average molecular weight is 666 g/mol. The van der Waals surface area contributed by atoms with Crippen molar-refractivity contribution < 1.29 is 17.9 Å². The Morgan fingerprint density at radius 1 is 0.909 bits per heavy atom. The molecule has 0 spiro atoms. The van der Waals surface area contributed by atoms with E-state index in [2.05, 4.69) is 20.7 Å². The fourth-order valence-electron chi connectivity index (χ4n) is 5.12. The molecular formula is C31H42Cl2N6O4S. The average Bonchev–Trinajstić information content (AvgIpc) is 2.96. The van der Waals surface area contributed by atoms with Crippen molar-refractivity contribution in [2.45, 2.75) is 69.8 Å². The van der Waals surface area contributed by atoms with Crippen molar-refractivity contribution in [3.63, 3.8) is 0 Å². The fourth-order valence-corrected chi connectivity index (χ4v) is 6.96. The van der Waals surface area contributed by atoms with Crippen molar-refractivity contribution in [2.24, 2.45) is 11.8 Å². The van der Waals surface area contributed by atoms with E-state index >= 15 is 0 Å². The number of ether oxygens (including phenoxy) is 1. The summed E-state index contributed by atoms with van der Waals surface area (Å²) in [5, 5.41) is 11.2. The molecule has 0 radical (unpaired) electrons. The number of nitrogens with zero attached hydrogens (tertiary/aromatic N) is 2. The maximum atomic E-state index is 12.7. The molecular weight excluding hydrogens is 623 g/mol. The molecule has 1 aliphatic carbocycles. The van der Waals surface area contributed by atoms with Gasteiger partial charge in [0.05, 0.1) is 10.4 Å². The first-order chi connectivity index (χ1) is 20.9. The Morgan fingerprint density at radius 3 is 2.23 bits per heavy atom. The van der Waals surface area contributed by atoms with E-state index in [4.69, 9.17) is 37.9 Å². The number of nitrogens with one attached hydrogen (secondary N) is 4. The van der Waals surface area contributed by atoms with Gasteiger partial charge >= 0.3 is 6.09 Å². The van der Waals surface area contributed by atoms with Crippen LogP contribution in [-0.2, 0) is 14.8 Å². The number of fused-ring (bicyclic) bond motifs is 1. The SMILES string of the molecule is CC(C)(C)OC(=O)NCCCCNc1nc(NC[C@H]2CC[C@H](CNS(=O)(=O)c3cc(Cl)cc(Cl)c3)CC2)nc2ccccc12. The number of sulfonamides is 1. The van der Waals surface area contributed by atoms with E-state index in [0.29, 0.717) is 31.5 Å². The topological polar surface area (TPSA) is 134 Å². The number of amides is 1. The Balaban J connectivity index is 1.22. The molecule has 1 aliphatic rings. The third-order valence-electron chi connectivity index (χ3n) is 7.39. The van der Waals surface area contributed by atoms with Crippen LogP contribution in [0.4, 0.5) is 16.6 Å². The largest absolute Gasteiger partial charge is 0.444 e. The summed E-state index contributed by atoms with van der Waals surface area (Å²) in [6.45, 7) is 7.89. The molecule has 44 heavy (non-hydrogen) atoms. The number of alkyl carbamates (subject to hydrolysis) is 1. The second-order valence-corrected chi connectivity index (χ2v) is 14.8. The molecule has 0 unspecified atom stereocenters. The number of benzene rings is 2. The van der Waals surface area contributed by atoms with Gasteiger partial charge in [0, 0.05) is 41.6 Å². The molecule has 1 heterocycles. The summed E-state index contributed by atoms with van der Waals surface area (Å²) >= 11 is 12.0. The lowest BCUT2D eigenvalue weighted by atomic mass is 9.82. The summed E-state index contributed by atoms with van der Waals surface area (Å²) in [4.78, 5) is 21.4. The monoisotopic (exact) mass is 664 g/mol. The minimum absolute atomic E-state index is 0.0762. The molecule has 1 fully saturated rings.